The van der Waals surface area contributed by atoms with Crippen molar-refractivity contribution >= 4 is 24.0 Å². The molecule has 0 atom stereocenters. The van der Waals surface area contributed by atoms with Crippen LogP contribution in [0.2, 0.25) is 0 Å². The summed E-state index contributed by atoms with van der Waals surface area (Å²) in [6.07, 6.45) is 3.50. The SMILES string of the molecule is COc1ccc(NC(=O)C2(N)CCCC2)cc1OC.Cl. The summed E-state index contributed by atoms with van der Waals surface area (Å²) in [5.74, 6) is 1.08. The van der Waals surface area contributed by atoms with E-state index in [4.69, 9.17) is 15.2 Å². The normalized spacial score (nSPS) is 16.1. The number of carbonyl (C=O) groups excluding carboxylic acids is 1. The van der Waals surface area contributed by atoms with Gasteiger partial charge in [-0.3, -0.25) is 4.79 Å². The summed E-state index contributed by atoms with van der Waals surface area (Å²) in [6.45, 7) is 0. The number of amides is 1. The highest BCUT2D eigenvalue weighted by Gasteiger charge is 2.37. The van der Waals surface area contributed by atoms with Crippen molar-refractivity contribution in [2.75, 3.05) is 19.5 Å². The van der Waals surface area contributed by atoms with Crippen molar-refractivity contribution in [2.45, 2.75) is 31.2 Å². The van der Waals surface area contributed by atoms with Crippen molar-refractivity contribution < 1.29 is 14.3 Å². The number of nitrogens with two attached hydrogens (primary N) is 1. The Bertz CT molecular complexity index is 473. The number of carbonyl (C=O) groups is 1. The molecule has 2 rings (SSSR count). The van der Waals surface area contributed by atoms with Gasteiger partial charge in [-0.25, -0.2) is 0 Å². The van der Waals surface area contributed by atoms with Crippen molar-refractivity contribution in [1.29, 1.82) is 0 Å². The Morgan fingerprint density at radius 2 is 1.80 bits per heavy atom. The van der Waals surface area contributed by atoms with Crippen molar-refractivity contribution in [2.24, 2.45) is 5.73 Å². The average Bonchev–Trinajstić information content (AvgIpc) is 2.87. The molecule has 0 spiro atoms. The molecule has 112 valence electrons. The van der Waals surface area contributed by atoms with Gasteiger partial charge in [0.1, 0.15) is 0 Å². The first-order valence-corrected chi connectivity index (χ1v) is 6.41. The number of nitrogens with one attached hydrogen (secondary N) is 1. The Hall–Kier alpha value is -1.46. The number of halogens is 1. The largest absolute Gasteiger partial charge is 0.493 e. The van der Waals surface area contributed by atoms with Crippen LogP contribution in [0.25, 0.3) is 0 Å². The first-order valence-electron chi connectivity index (χ1n) is 6.41. The molecule has 5 nitrogen and oxygen atoms in total. The molecule has 1 aromatic rings. The summed E-state index contributed by atoms with van der Waals surface area (Å²) in [7, 11) is 3.13. The molecule has 3 N–H and O–H groups in total. The molecule has 0 bridgehead atoms. The molecular formula is C14H21ClN2O3. The molecular weight excluding hydrogens is 280 g/mol. The lowest BCUT2D eigenvalue weighted by molar-refractivity contribution is -0.121. The Morgan fingerprint density at radius 3 is 2.35 bits per heavy atom. The summed E-state index contributed by atoms with van der Waals surface area (Å²) in [4.78, 5) is 12.2. The molecule has 1 fully saturated rings. The van der Waals surface area contributed by atoms with Gasteiger partial charge in [-0.2, -0.15) is 0 Å². The van der Waals surface area contributed by atoms with Crippen LogP contribution in [-0.4, -0.2) is 25.7 Å². The van der Waals surface area contributed by atoms with Gasteiger partial charge >= 0.3 is 0 Å². The third kappa shape index (κ3) is 3.35. The van der Waals surface area contributed by atoms with Gasteiger partial charge in [0, 0.05) is 11.8 Å². The topological polar surface area (TPSA) is 73.6 Å². The van der Waals surface area contributed by atoms with Gasteiger partial charge in [0.2, 0.25) is 5.91 Å². The van der Waals surface area contributed by atoms with Gasteiger partial charge < -0.3 is 20.5 Å². The summed E-state index contributed by atoms with van der Waals surface area (Å²) in [5.41, 5.74) is 6.05. The lowest BCUT2D eigenvalue weighted by Gasteiger charge is -2.22. The second-order valence-corrected chi connectivity index (χ2v) is 4.89. The van der Waals surface area contributed by atoms with E-state index in [0.717, 1.165) is 25.7 Å². The van der Waals surface area contributed by atoms with Gasteiger partial charge in [-0.1, -0.05) is 12.8 Å². The number of hydrogen-bond donors (Lipinski definition) is 2. The van der Waals surface area contributed by atoms with Crippen LogP contribution >= 0.6 is 12.4 Å². The van der Waals surface area contributed by atoms with Crippen LogP contribution in [-0.2, 0) is 4.79 Å². The van der Waals surface area contributed by atoms with E-state index >= 15 is 0 Å². The zero-order valence-electron chi connectivity index (χ0n) is 11.8. The highest BCUT2D eigenvalue weighted by atomic mass is 35.5. The summed E-state index contributed by atoms with van der Waals surface area (Å²) >= 11 is 0. The Balaban J connectivity index is 0.00000200. The highest BCUT2D eigenvalue weighted by molar-refractivity contribution is 5.98. The summed E-state index contributed by atoms with van der Waals surface area (Å²) in [6, 6.07) is 5.26. The molecule has 0 heterocycles. The number of benzene rings is 1. The number of rotatable bonds is 4. The van der Waals surface area contributed by atoms with Gasteiger partial charge in [0.05, 0.1) is 19.8 Å². The molecule has 1 aliphatic rings. The van der Waals surface area contributed by atoms with Crippen molar-refractivity contribution in [3.63, 3.8) is 0 Å². The maximum absolute atomic E-state index is 12.2. The van der Waals surface area contributed by atoms with Gasteiger partial charge in [0.15, 0.2) is 11.5 Å². The fourth-order valence-corrected chi connectivity index (χ4v) is 2.40. The first kappa shape index (κ1) is 16.6. The summed E-state index contributed by atoms with van der Waals surface area (Å²) in [5, 5.41) is 2.85. The Morgan fingerprint density at radius 1 is 1.20 bits per heavy atom. The molecule has 20 heavy (non-hydrogen) atoms. The van der Waals surface area contributed by atoms with Crippen LogP contribution in [0.5, 0.6) is 11.5 Å². The molecule has 1 aromatic carbocycles. The highest BCUT2D eigenvalue weighted by Crippen LogP contribution is 2.32. The maximum atomic E-state index is 12.2. The van der Waals surface area contributed by atoms with Crippen molar-refractivity contribution in [3.05, 3.63) is 18.2 Å². The zero-order valence-corrected chi connectivity index (χ0v) is 12.6. The maximum Gasteiger partial charge on any atom is 0.244 e. The molecule has 1 saturated carbocycles. The van der Waals surface area contributed by atoms with Crippen LogP contribution in [0.4, 0.5) is 5.69 Å². The fourth-order valence-electron chi connectivity index (χ4n) is 2.40. The van der Waals surface area contributed by atoms with Gasteiger partial charge in [0.25, 0.3) is 0 Å². The second kappa shape index (κ2) is 6.81. The van der Waals surface area contributed by atoms with E-state index in [0.29, 0.717) is 17.2 Å². The lowest BCUT2D eigenvalue weighted by atomic mass is 9.98. The quantitative estimate of drug-likeness (QED) is 0.895. The van der Waals surface area contributed by atoms with E-state index < -0.39 is 5.54 Å². The van der Waals surface area contributed by atoms with Crippen molar-refractivity contribution in [1.82, 2.24) is 0 Å². The van der Waals surface area contributed by atoms with Crippen LogP contribution in [0, 0.1) is 0 Å². The molecule has 0 aromatic heterocycles. The average molecular weight is 301 g/mol. The molecule has 0 unspecified atom stereocenters. The minimum absolute atomic E-state index is 0. The van der Waals surface area contributed by atoms with Crippen LogP contribution in [0.1, 0.15) is 25.7 Å². The smallest absolute Gasteiger partial charge is 0.244 e. The van der Waals surface area contributed by atoms with E-state index in [1.165, 1.54) is 0 Å². The van der Waals surface area contributed by atoms with Crippen LogP contribution < -0.4 is 20.5 Å². The van der Waals surface area contributed by atoms with Crippen LogP contribution in [0.15, 0.2) is 18.2 Å². The number of anilines is 1. The molecule has 1 amide bonds. The standard InChI is InChI=1S/C14H20N2O3.ClH/c1-18-11-6-5-10(9-12(11)19-2)16-13(17)14(15)7-3-4-8-14;/h5-6,9H,3-4,7-8,15H2,1-2H3,(H,16,17);1H. The van der Waals surface area contributed by atoms with E-state index in [-0.39, 0.29) is 18.3 Å². The molecule has 0 radical (unpaired) electrons. The molecule has 6 heteroatoms. The van der Waals surface area contributed by atoms with Crippen LogP contribution in [0.3, 0.4) is 0 Å². The van der Waals surface area contributed by atoms with E-state index in [1.807, 2.05) is 0 Å². The van der Waals surface area contributed by atoms with Crippen molar-refractivity contribution in [3.8, 4) is 11.5 Å². The Labute approximate surface area is 125 Å². The van der Waals surface area contributed by atoms with E-state index in [1.54, 1.807) is 32.4 Å². The minimum atomic E-state index is -0.729. The molecule has 1 aliphatic carbocycles. The number of methoxy groups -OCH3 is 2. The van der Waals surface area contributed by atoms with Gasteiger partial charge in [-0.05, 0) is 25.0 Å². The van der Waals surface area contributed by atoms with Gasteiger partial charge in [-0.15, -0.1) is 12.4 Å². The number of hydrogen-bond acceptors (Lipinski definition) is 4. The zero-order chi connectivity index (χ0) is 13.9. The monoisotopic (exact) mass is 300 g/mol. The summed E-state index contributed by atoms with van der Waals surface area (Å²) < 4.78 is 10.4. The molecule has 0 aliphatic heterocycles. The third-order valence-electron chi connectivity index (χ3n) is 3.59. The van der Waals surface area contributed by atoms with E-state index in [9.17, 15) is 4.79 Å². The lowest BCUT2D eigenvalue weighted by Crippen LogP contribution is -2.48. The second-order valence-electron chi connectivity index (χ2n) is 4.89. The first-order chi connectivity index (χ1) is 9.09. The predicted octanol–water partition coefficient (Wildman–Crippen LogP) is 2.34. The van der Waals surface area contributed by atoms with E-state index in [2.05, 4.69) is 5.32 Å². The molecule has 0 saturated heterocycles. The fraction of sp³-hybridized carbons (Fsp3) is 0.500. The minimum Gasteiger partial charge on any atom is -0.493 e. The predicted molar refractivity (Wildman–Crippen MR) is 80.8 cm³/mol. The number of ether oxygens (including phenoxy) is 2. The Kier molecular flexibility index (Phi) is 5.65. The third-order valence-corrected chi connectivity index (χ3v) is 3.59.